The molecule has 1 atom stereocenters. The summed E-state index contributed by atoms with van der Waals surface area (Å²) in [4.78, 5) is 25.1. The van der Waals surface area contributed by atoms with Gasteiger partial charge in [-0.3, -0.25) is 9.59 Å². The van der Waals surface area contributed by atoms with Crippen molar-refractivity contribution in [2.75, 3.05) is 19.0 Å². The molecule has 0 amide bonds. The van der Waals surface area contributed by atoms with Gasteiger partial charge in [0.05, 0.1) is 19.0 Å². The van der Waals surface area contributed by atoms with Gasteiger partial charge in [-0.05, 0) is 31.5 Å². The number of para-hydroxylation sites is 1. The quantitative estimate of drug-likeness (QED) is 0.331. The topological polar surface area (TPSA) is 96.0 Å². The third-order valence-electron chi connectivity index (χ3n) is 4.06. The summed E-state index contributed by atoms with van der Waals surface area (Å²) in [5.41, 5.74) is 0.485. The first-order chi connectivity index (χ1) is 13.9. The fourth-order valence-corrected chi connectivity index (χ4v) is 4.15. The first-order valence-electron chi connectivity index (χ1n) is 9.23. The van der Waals surface area contributed by atoms with Gasteiger partial charge in [0, 0.05) is 5.92 Å². The number of hydrogen-bond acceptors (Lipinski definition) is 7. The molecule has 0 saturated heterocycles. The van der Waals surface area contributed by atoms with Crippen LogP contribution in [0.5, 0.6) is 5.75 Å². The number of carbonyl (C=O) groups is 2. The zero-order valence-corrected chi connectivity index (χ0v) is 17.1. The highest BCUT2D eigenvalue weighted by molar-refractivity contribution is 7.87. The van der Waals surface area contributed by atoms with Crippen molar-refractivity contribution < 1.29 is 31.7 Å². The van der Waals surface area contributed by atoms with Crippen LogP contribution in [0, 0.1) is 5.92 Å². The van der Waals surface area contributed by atoms with Crippen LogP contribution in [0.2, 0.25) is 0 Å². The lowest BCUT2D eigenvalue weighted by Gasteiger charge is -2.24. The van der Waals surface area contributed by atoms with Gasteiger partial charge in [-0.25, -0.2) is 0 Å². The van der Waals surface area contributed by atoms with Crippen molar-refractivity contribution in [1.29, 1.82) is 0 Å². The third kappa shape index (κ3) is 6.60. The maximum atomic E-state index is 12.7. The lowest BCUT2D eigenvalue weighted by Crippen LogP contribution is -2.37. The smallest absolute Gasteiger partial charge is 0.320 e. The summed E-state index contributed by atoms with van der Waals surface area (Å²) in [5.74, 6) is -4.61. The standard InChI is InChI=1S/C21H24O7S/c1-3-26-20(22)19(21(23)27-4-2)18(16-11-7-5-8-12-16)15-29(24,25)28-17-13-9-6-10-14-17/h5-14,18-19H,3-4,15H2,1-2H3/t18-/m1/s1. The van der Waals surface area contributed by atoms with Gasteiger partial charge >= 0.3 is 22.1 Å². The maximum Gasteiger partial charge on any atom is 0.320 e. The summed E-state index contributed by atoms with van der Waals surface area (Å²) in [6.07, 6.45) is 0. The van der Waals surface area contributed by atoms with E-state index >= 15 is 0 Å². The average molecular weight is 420 g/mol. The van der Waals surface area contributed by atoms with Gasteiger partial charge < -0.3 is 13.7 Å². The fraction of sp³-hybridized carbons (Fsp3) is 0.333. The van der Waals surface area contributed by atoms with Crippen LogP contribution in [0.25, 0.3) is 0 Å². The fourth-order valence-electron chi connectivity index (χ4n) is 2.85. The number of rotatable bonds is 10. The van der Waals surface area contributed by atoms with Crippen molar-refractivity contribution >= 4 is 22.1 Å². The van der Waals surface area contributed by atoms with Crippen molar-refractivity contribution in [2.24, 2.45) is 5.92 Å². The van der Waals surface area contributed by atoms with E-state index in [4.69, 9.17) is 13.7 Å². The van der Waals surface area contributed by atoms with Crippen LogP contribution in [0.4, 0.5) is 0 Å². The van der Waals surface area contributed by atoms with E-state index in [2.05, 4.69) is 0 Å². The summed E-state index contributed by atoms with van der Waals surface area (Å²) in [5, 5.41) is 0. The second kappa shape index (κ2) is 10.6. The summed E-state index contributed by atoms with van der Waals surface area (Å²) in [6, 6.07) is 16.4. The average Bonchev–Trinajstić information content (AvgIpc) is 2.69. The monoisotopic (exact) mass is 420 g/mol. The van der Waals surface area contributed by atoms with Gasteiger partial charge in [0.15, 0.2) is 5.92 Å². The Labute approximate surface area is 170 Å². The first kappa shape index (κ1) is 22.4. The predicted octanol–water partition coefficient (Wildman–Crippen LogP) is 2.92. The molecular weight excluding hydrogens is 396 g/mol. The van der Waals surface area contributed by atoms with Crippen LogP contribution in [-0.2, 0) is 29.2 Å². The van der Waals surface area contributed by atoms with Crippen LogP contribution in [0.3, 0.4) is 0 Å². The van der Waals surface area contributed by atoms with E-state index in [9.17, 15) is 18.0 Å². The number of carbonyl (C=O) groups excluding carboxylic acids is 2. The van der Waals surface area contributed by atoms with Crippen LogP contribution >= 0.6 is 0 Å². The molecule has 2 aromatic rings. The Hall–Kier alpha value is -2.87. The molecule has 0 N–H and O–H groups in total. The molecule has 0 unspecified atom stereocenters. The molecule has 0 radical (unpaired) electrons. The molecule has 0 aromatic heterocycles. The van der Waals surface area contributed by atoms with E-state index in [1.165, 1.54) is 12.1 Å². The SMILES string of the molecule is CCOC(=O)C(C(=O)OCC)[C@H](CS(=O)(=O)Oc1ccccc1)c1ccccc1. The Balaban J connectivity index is 2.41. The number of ether oxygens (including phenoxy) is 2. The molecule has 7 nitrogen and oxygen atoms in total. The van der Waals surface area contributed by atoms with Crippen LogP contribution in [-0.4, -0.2) is 39.3 Å². The lowest BCUT2D eigenvalue weighted by molar-refractivity contribution is -0.162. The molecule has 0 aliphatic carbocycles. The Morgan fingerprint density at radius 3 is 1.79 bits per heavy atom. The predicted molar refractivity (Wildman–Crippen MR) is 107 cm³/mol. The first-order valence-corrected chi connectivity index (χ1v) is 10.8. The second-order valence-electron chi connectivity index (χ2n) is 6.12. The Morgan fingerprint density at radius 1 is 0.828 bits per heavy atom. The van der Waals surface area contributed by atoms with Crippen LogP contribution in [0.1, 0.15) is 25.3 Å². The zero-order valence-electron chi connectivity index (χ0n) is 16.3. The van der Waals surface area contributed by atoms with E-state index in [1.807, 2.05) is 0 Å². The summed E-state index contributed by atoms with van der Waals surface area (Å²) in [6.45, 7) is 3.30. The van der Waals surface area contributed by atoms with Gasteiger partial charge in [0.2, 0.25) is 0 Å². The largest absolute Gasteiger partial charge is 0.465 e. The molecule has 0 spiro atoms. The molecule has 0 saturated carbocycles. The highest BCUT2D eigenvalue weighted by atomic mass is 32.2. The molecule has 0 bridgehead atoms. The highest BCUT2D eigenvalue weighted by Crippen LogP contribution is 2.30. The van der Waals surface area contributed by atoms with Gasteiger partial charge in [-0.2, -0.15) is 8.42 Å². The lowest BCUT2D eigenvalue weighted by atomic mass is 9.87. The van der Waals surface area contributed by atoms with Crippen molar-refractivity contribution in [2.45, 2.75) is 19.8 Å². The number of hydrogen-bond donors (Lipinski definition) is 0. The number of benzene rings is 2. The zero-order chi connectivity index (χ0) is 21.3. The molecule has 8 heteroatoms. The summed E-state index contributed by atoms with van der Waals surface area (Å²) >= 11 is 0. The molecule has 2 rings (SSSR count). The van der Waals surface area contributed by atoms with Crippen molar-refractivity contribution in [1.82, 2.24) is 0 Å². The molecule has 0 aliphatic rings. The van der Waals surface area contributed by atoms with Crippen molar-refractivity contribution in [3.8, 4) is 5.75 Å². The van der Waals surface area contributed by atoms with Gasteiger partial charge in [-0.1, -0.05) is 48.5 Å². The Morgan fingerprint density at radius 2 is 1.31 bits per heavy atom. The summed E-state index contributed by atoms with van der Waals surface area (Å²) in [7, 11) is -4.14. The van der Waals surface area contributed by atoms with E-state index in [0.717, 1.165) is 0 Å². The minimum Gasteiger partial charge on any atom is -0.465 e. The molecule has 0 heterocycles. The third-order valence-corrected chi connectivity index (χ3v) is 5.27. The molecule has 156 valence electrons. The molecule has 29 heavy (non-hydrogen) atoms. The molecule has 0 fully saturated rings. The van der Waals surface area contributed by atoms with E-state index in [0.29, 0.717) is 5.56 Å². The minimum atomic E-state index is -4.14. The molecule has 0 aliphatic heterocycles. The Bertz CT molecular complexity index is 877. The van der Waals surface area contributed by atoms with E-state index in [-0.39, 0.29) is 19.0 Å². The van der Waals surface area contributed by atoms with Gasteiger partial charge in [0.1, 0.15) is 5.75 Å². The van der Waals surface area contributed by atoms with Crippen LogP contribution < -0.4 is 4.18 Å². The highest BCUT2D eigenvalue weighted by Gasteiger charge is 2.41. The maximum absolute atomic E-state index is 12.7. The minimum absolute atomic E-state index is 0.0452. The second-order valence-corrected chi connectivity index (χ2v) is 7.74. The van der Waals surface area contributed by atoms with Crippen LogP contribution in [0.15, 0.2) is 60.7 Å². The van der Waals surface area contributed by atoms with E-state index < -0.39 is 39.6 Å². The van der Waals surface area contributed by atoms with E-state index in [1.54, 1.807) is 62.4 Å². The number of esters is 2. The normalized spacial score (nSPS) is 12.2. The molecule has 2 aromatic carbocycles. The van der Waals surface area contributed by atoms with Gasteiger partial charge in [-0.15, -0.1) is 0 Å². The summed E-state index contributed by atoms with van der Waals surface area (Å²) < 4.78 is 40.7. The Kier molecular flexibility index (Phi) is 8.21. The van der Waals surface area contributed by atoms with Gasteiger partial charge in [0.25, 0.3) is 0 Å². The van der Waals surface area contributed by atoms with Crippen molar-refractivity contribution in [3.63, 3.8) is 0 Å². The molecular formula is C21H24O7S. The van der Waals surface area contributed by atoms with Crippen molar-refractivity contribution in [3.05, 3.63) is 66.2 Å².